The van der Waals surface area contributed by atoms with Gasteiger partial charge in [-0.3, -0.25) is 9.59 Å². The van der Waals surface area contributed by atoms with Crippen molar-refractivity contribution >= 4 is 50.6 Å². The largest absolute Gasteiger partial charge is 0.468 e. The molecule has 1 aliphatic carbocycles. The van der Waals surface area contributed by atoms with Crippen molar-refractivity contribution in [2.24, 2.45) is 5.92 Å². The Bertz CT molecular complexity index is 2860. The van der Waals surface area contributed by atoms with Gasteiger partial charge in [0.05, 0.1) is 34.9 Å². The molecule has 1 saturated carbocycles. The summed E-state index contributed by atoms with van der Waals surface area (Å²) in [4.78, 5) is 53.2. The summed E-state index contributed by atoms with van der Waals surface area (Å²) < 4.78 is 52.5. The highest BCUT2D eigenvalue weighted by atomic mass is 19.1. The Morgan fingerprint density at radius 2 is 1.78 bits per heavy atom. The SMILES string of the molecule is CNC(=O)c1cc(-c2nc3c(F)c(-c4cc(OCOC)cc5ccccc45)c(CCC#N)cc3c3c2nc(CCC(=O)N(C)C)n3C2C3CC2N(C(=O)OC(C)(C)C)C3)ccc1F. The van der Waals surface area contributed by atoms with E-state index in [2.05, 4.69) is 11.4 Å². The molecule has 9 rings (SSSR count). The number of rotatable bonds is 12. The van der Waals surface area contributed by atoms with Gasteiger partial charge in [-0.2, -0.15) is 5.26 Å². The lowest BCUT2D eigenvalue weighted by Gasteiger charge is -2.39. The minimum atomic E-state index is -0.755. The molecule has 15 heteroatoms. The fraction of sp³-hybridized carbons (Fsp3) is 0.375. The average Bonchev–Trinajstić information content (AvgIpc) is 3.97. The molecule has 2 aromatic heterocycles. The molecule has 1 N–H and O–H groups in total. The third kappa shape index (κ3) is 7.88. The third-order valence-electron chi connectivity index (χ3n) is 11.9. The smallest absolute Gasteiger partial charge is 0.410 e. The van der Waals surface area contributed by atoms with E-state index in [1.807, 2.05) is 61.7 Å². The number of nitrogens with one attached hydrogen (secondary N) is 1. The van der Waals surface area contributed by atoms with E-state index < -0.39 is 29.2 Å². The van der Waals surface area contributed by atoms with Gasteiger partial charge in [0, 0.05) is 76.5 Å². The Hall–Kier alpha value is -6.66. The molecule has 63 heavy (non-hydrogen) atoms. The summed E-state index contributed by atoms with van der Waals surface area (Å²) in [5, 5.41) is 14.3. The highest BCUT2D eigenvalue weighted by molar-refractivity contribution is 6.11. The van der Waals surface area contributed by atoms with Crippen LogP contribution in [-0.4, -0.2) is 95.5 Å². The van der Waals surface area contributed by atoms with Crippen LogP contribution in [0.5, 0.6) is 5.75 Å². The molecule has 13 nitrogen and oxygen atoms in total. The first-order valence-corrected chi connectivity index (χ1v) is 20.9. The standard InChI is InChI=1S/C48H49F2N7O6/c1-48(2,3)63-47(60)56-24-29-22-36(56)44(29)57-37(16-17-38(58)55(5)6)53-43-41(28-14-15-35(49)33(21-28)46(59)52-4)54-42-34(45(43)57)20-27(12-10-18-51)39(40(42)50)32-23-30(62-25-61-7)19-26-11-8-9-13-31(26)32/h8-9,11,13-15,19-21,23,29,36,44H,10,12,16-17,22,24-25H2,1-7H3,(H,52,59). The molecule has 2 bridgehead atoms. The maximum Gasteiger partial charge on any atom is 0.410 e. The van der Waals surface area contributed by atoms with Gasteiger partial charge in [0.25, 0.3) is 5.91 Å². The van der Waals surface area contributed by atoms with Gasteiger partial charge in [0.2, 0.25) is 5.91 Å². The van der Waals surface area contributed by atoms with Crippen LogP contribution in [0.2, 0.25) is 0 Å². The molecule has 3 amide bonds. The average molecular weight is 858 g/mol. The zero-order valence-electron chi connectivity index (χ0n) is 36.3. The second kappa shape index (κ2) is 16.9. The molecular formula is C48H49F2N7O6. The number of pyridine rings is 1. The van der Waals surface area contributed by atoms with Crippen LogP contribution in [0.1, 0.15) is 67.8 Å². The summed E-state index contributed by atoms with van der Waals surface area (Å²) in [5.74, 6) is -1.28. The predicted octanol–water partition coefficient (Wildman–Crippen LogP) is 8.35. The fourth-order valence-electron chi connectivity index (χ4n) is 9.05. The monoisotopic (exact) mass is 857 g/mol. The predicted molar refractivity (Wildman–Crippen MR) is 234 cm³/mol. The normalized spacial score (nSPS) is 16.9. The lowest BCUT2D eigenvalue weighted by Crippen LogP contribution is -2.44. The molecule has 2 aliphatic heterocycles. The number of amides is 3. The molecule has 4 aromatic carbocycles. The first kappa shape index (κ1) is 43.0. The van der Waals surface area contributed by atoms with E-state index in [1.54, 1.807) is 25.1 Å². The Kier molecular flexibility index (Phi) is 11.5. The van der Waals surface area contributed by atoms with Gasteiger partial charge >= 0.3 is 6.09 Å². The van der Waals surface area contributed by atoms with Crippen molar-refractivity contribution in [1.82, 2.24) is 29.7 Å². The number of benzene rings is 4. The van der Waals surface area contributed by atoms with Crippen molar-refractivity contribution < 1.29 is 37.4 Å². The Morgan fingerprint density at radius 1 is 1.00 bits per heavy atom. The highest BCUT2D eigenvalue weighted by Crippen LogP contribution is 2.53. The molecule has 0 spiro atoms. The second-order valence-corrected chi connectivity index (χ2v) is 17.3. The van der Waals surface area contributed by atoms with Crippen LogP contribution < -0.4 is 10.1 Å². The summed E-state index contributed by atoms with van der Waals surface area (Å²) in [6.07, 6.45) is 0.827. The summed E-state index contributed by atoms with van der Waals surface area (Å²) in [6.45, 7) is 5.82. The van der Waals surface area contributed by atoms with Crippen LogP contribution >= 0.6 is 0 Å². The number of aryl methyl sites for hydroxylation is 2. The quantitative estimate of drug-likeness (QED) is 0.120. The number of imidazole rings is 1. The van der Waals surface area contributed by atoms with Crippen LogP contribution in [0, 0.1) is 28.9 Å². The minimum absolute atomic E-state index is 0.0241. The van der Waals surface area contributed by atoms with Crippen molar-refractivity contribution in [2.45, 2.75) is 70.6 Å². The first-order chi connectivity index (χ1) is 30.1. The maximum atomic E-state index is 18.3. The van der Waals surface area contributed by atoms with E-state index in [1.165, 1.54) is 37.3 Å². The number of ether oxygens (including phenoxy) is 3. The van der Waals surface area contributed by atoms with E-state index in [4.69, 9.17) is 24.2 Å². The number of aromatic nitrogens is 3. The molecule has 3 unspecified atom stereocenters. The van der Waals surface area contributed by atoms with E-state index in [-0.39, 0.29) is 78.7 Å². The lowest BCUT2D eigenvalue weighted by atomic mass is 9.79. The second-order valence-electron chi connectivity index (χ2n) is 17.3. The summed E-state index contributed by atoms with van der Waals surface area (Å²) in [7, 11) is 6.26. The topological polar surface area (TPSA) is 152 Å². The molecule has 3 aliphatic rings. The molecule has 4 heterocycles. The zero-order chi connectivity index (χ0) is 44.9. The maximum absolute atomic E-state index is 18.3. The van der Waals surface area contributed by atoms with Crippen LogP contribution in [-0.2, 0) is 27.1 Å². The van der Waals surface area contributed by atoms with E-state index in [9.17, 15) is 19.6 Å². The van der Waals surface area contributed by atoms with Crippen LogP contribution in [0.15, 0.2) is 60.7 Å². The van der Waals surface area contributed by atoms with Gasteiger partial charge in [0.1, 0.15) is 34.0 Å². The van der Waals surface area contributed by atoms with Crippen molar-refractivity contribution in [1.29, 1.82) is 5.26 Å². The van der Waals surface area contributed by atoms with Crippen LogP contribution in [0.4, 0.5) is 13.6 Å². The number of carbonyl (C=O) groups excluding carboxylic acids is 3. The van der Waals surface area contributed by atoms with Crippen molar-refractivity contribution in [3.05, 3.63) is 89.2 Å². The molecule has 326 valence electrons. The Morgan fingerprint density at radius 3 is 2.49 bits per heavy atom. The van der Waals surface area contributed by atoms with Gasteiger partial charge in [-0.15, -0.1) is 0 Å². The van der Waals surface area contributed by atoms with Gasteiger partial charge in [-0.1, -0.05) is 24.3 Å². The van der Waals surface area contributed by atoms with E-state index in [0.29, 0.717) is 57.6 Å². The minimum Gasteiger partial charge on any atom is -0.468 e. The van der Waals surface area contributed by atoms with E-state index >= 15 is 8.78 Å². The van der Waals surface area contributed by atoms with Crippen LogP contribution in [0.25, 0.3) is 55.1 Å². The first-order valence-electron chi connectivity index (χ1n) is 20.9. The van der Waals surface area contributed by atoms with E-state index in [0.717, 1.165) is 10.8 Å². The number of methoxy groups -OCH3 is 1. The molecular weight excluding hydrogens is 809 g/mol. The van der Waals surface area contributed by atoms with Gasteiger partial charge in [-0.25, -0.2) is 23.5 Å². The summed E-state index contributed by atoms with van der Waals surface area (Å²) >= 11 is 0. The van der Waals surface area contributed by atoms with Gasteiger partial charge in [0.15, 0.2) is 12.6 Å². The van der Waals surface area contributed by atoms with Crippen LogP contribution in [0.3, 0.4) is 0 Å². The Labute approximate surface area is 363 Å². The number of nitriles is 1. The molecule has 3 fully saturated rings. The number of hydrogen-bond acceptors (Lipinski definition) is 9. The number of carbonyl (C=O) groups is 3. The molecule has 3 atom stereocenters. The Balaban J connectivity index is 1.47. The van der Waals surface area contributed by atoms with Crippen molar-refractivity contribution in [2.75, 3.05) is 41.6 Å². The summed E-state index contributed by atoms with van der Waals surface area (Å²) in [6, 6.07) is 18.6. The van der Waals surface area contributed by atoms with Crippen molar-refractivity contribution in [3.8, 4) is 34.2 Å². The summed E-state index contributed by atoms with van der Waals surface area (Å²) in [5.41, 5.74) is 1.63. The molecule has 6 aromatic rings. The molecule has 0 radical (unpaired) electrons. The number of hydrogen-bond donors (Lipinski definition) is 1. The number of fused-ring (bicyclic) bond motifs is 5. The van der Waals surface area contributed by atoms with Gasteiger partial charge < -0.3 is 33.9 Å². The van der Waals surface area contributed by atoms with Crippen molar-refractivity contribution in [3.63, 3.8) is 0 Å². The lowest BCUT2D eigenvalue weighted by molar-refractivity contribution is -0.128. The zero-order valence-corrected chi connectivity index (χ0v) is 36.3. The highest BCUT2D eigenvalue weighted by Gasteiger charge is 2.56. The third-order valence-corrected chi connectivity index (χ3v) is 11.9. The fourth-order valence-corrected chi connectivity index (χ4v) is 9.05. The molecule has 2 saturated heterocycles. The van der Waals surface area contributed by atoms with Gasteiger partial charge in [-0.05, 0) is 91.9 Å². The number of halogens is 2. The number of nitrogens with zero attached hydrogens (tertiary/aromatic N) is 6.